The molecular weight excluding hydrogens is 230 g/mol. The largest absolute Gasteiger partial charge is 0.358 e. The lowest BCUT2D eigenvalue weighted by atomic mass is 9.86. The normalized spacial score (nSPS) is 23.9. The molecule has 1 aliphatic rings. The average Bonchev–Trinajstić information content (AvgIpc) is 2.33. The van der Waals surface area contributed by atoms with Crippen LogP contribution in [-0.2, 0) is 0 Å². The Morgan fingerprint density at radius 1 is 1.24 bits per heavy atom. The molecule has 3 nitrogen and oxygen atoms in total. The van der Waals surface area contributed by atoms with Crippen molar-refractivity contribution in [2.24, 2.45) is 11.0 Å². The molecule has 0 radical (unpaired) electrons. The fourth-order valence-corrected chi connectivity index (χ4v) is 2.47. The van der Waals surface area contributed by atoms with E-state index < -0.39 is 0 Å². The van der Waals surface area contributed by atoms with Gasteiger partial charge in [-0.3, -0.25) is 5.43 Å². The quantitative estimate of drug-likeness (QED) is 0.460. The van der Waals surface area contributed by atoms with Gasteiger partial charge in [0.25, 0.3) is 0 Å². The molecule has 0 aliphatic heterocycles. The van der Waals surface area contributed by atoms with E-state index in [0.717, 1.165) is 18.6 Å². The first-order valence-electron chi connectivity index (χ1n) is 6.79. The maximum atomic E-state index is 5.27. The van der Waals surface area contributed by atoms with Crippen molar-refractivity contribution in [3.63, 3.8) is 0 Å². The molecule has 0 unspecified atom stereocenters. The Bertz CT molecular complexity index is 270. The molecule has 1 rings (SSSR count). The Balaban J connectivity index is 2.35. The molecule has 17 heavy (non-hydrogen) atoms. The third-order valence-corrected chi connectivity index (χ3v) is 3.77. The molecule has 0 aromatic rings. The van der Waals surface area contributed by atoms with E-state index in [2.05, 4.69) is 36.6 Å². The number of nitrogens with zero attached hydrogens (tertiary/aromatic N) is 1. The van der Waals surface area contributed by atoms with Crippen molar-refractivity contribution in [3.05, 3.63) is 0 Å². The maximum Gasteiger partial charge on any atom is 0.187 e. The standard InChI is InChI=1S/C13H25N3S/c1-4-11(5-2)15-16-13(17)14-12-9-7-6-8-10(12)3/h10,12H,4-9H2,1-3H3,(H2,14,16,17)/t10-,12+/m1/s1. The summed E-state index contributed by atoms with van der Waals surface area (Å²) in [6.07, 6.45) is 7.15. The first-order chi connectivity index (χ1) is 8.17. The molecule has 1 aliphatic carbocycles. The van der Waals surface area contributed by atoms with E-state index in [1.807, 2.05) is 0 Å². The van der Waals surface area contributed by atoms with Crippen molar-refractivity contribution in [2.45, 2.75) is 65.3 Å². The predicted molar refractivity (Wildman–Crippen MR) is 78.3 cm³/mol. The van der Waals surface area contributed by atoms with E-state index in [-0.39, 0.29) is 0 Å². The predicted octanol–water partition coefficient (Wildman–Crippen LogP) is 3.21. The summed E-state index contributed by atoms with van der Waals surface area (Å²) in [5.74, 6) is 0.712. The van der Waals surface area contributed by atoms with Crippen LogP contribution in [0.1, 0.15) is 59.3 Å². The molecule has 0 heterocycles. The maximum absolute atomic E-state index is 5.27. The van der Waals surface area contributed by atoms with Crippen LogP contribution in [0.25, 0.3) is 0 Å². The van der Waals surface area contributed by atoms with Gasteiger partial charge >= 0.3 is 0 Å². The van der Waals surface area contributed by atoms with Gasteiger partial charge in [-0.05, 0) is 43.8 Å². The van der Waals surface area contributed by atoms with Gasteiger partial charge in [0.15, 0.2) is 5.11 Å². The molecule has 2 N–H and O–H groups in total. The number of hydrogen-bond donors (Lipinski definition) is 2. The summed E-state index contributed by atoms with van der Waals surface area (Å²) >= 11 is 5.27. The van der Waals surface area contributed by atoms with Crippen LogP contribution in [0.15, 0.2) is 5.10 Å². The van der Waals surface area contributed by atoms with Crippen molar-refractivity contribution in [3.8, 4) is 0 Å². The topological polar surface area (TPSA) is 36.4 Å². The second-order valence-corrected chi connectivity index (χ2v) is 5.25. The highest BCUT2D eigenvalue weighted by Gasteiger charge is 2.21. The third kappa shape index (κ3) is 5.02. The second-order valence-electron chi connectivity index (χ2n) is 4.84. The Morgan fingerprint density at radius 3 is 2.47 bits per heavy atom. The van der Waals surface area contributed by atoms with Crippen LogP contribution >= 0.6 is 12.2 Å². The van der Waals surface area contributed by atoms with Crippen molar-refractivity contribution in [1.82, 2.24) is 10.7 Å². The summed E-state index contributed by atoms with van der Waals surface area (Å²) in [5, 5.41) is 8.37. The van der Waals surface area contributed by atoms with Crippen LogP contribution in [0.3, 0.4) is 0 Å². The van der Waals surface area contributed by atoms with Gasteiger partial charge in [-0.2, -0.15) is 5.10 Å². The number of nitrogens with one attached hydrogen (secondary N) is 2. The van der Waals surface area contributed by atoms with E-state index in [1.54, 1.807) is 0 Å². The summed E-state index contributed by atoms with van der Waals surface area (Å²) in [6.45, 7) is 6.53. The molecule has 2 atom stereocenters. The van der Waals surface area contributed by atoms with E-state index in [0.29, 0.717) is 17.1 Å². The number of hydrazone groups is 1. The highest BCUT2D eigenvalue weighted by atomic mass is 32.1. The summed E-state index contributed by atoms with van der Waals surface area (Å²) in [4.78, 5) is 0. The molecule has 0 amide bonds. The summed E-state index contributed by atoms with van der Waals surface area (Å²) in [5.41, 5.74) is 4.12. The first kappa shape index (κ1) is 14.4. The fraction of sp³-hybridized carbons (Fsp3) is 0.846. The molecule has 0 spiro atoms. The Hall–Kier alpha value is -0.640. The lowest BCUT2D eigenvalue weighted by Crippen LogP contribution is -2.44. The van der Waals surface area contributed by atoms with E-state index in [4.69, 9.17) is 12.2 Å². The van der Waals surface area contributed by atoms with Gasteiger partial charge in [-0.25, -0.2) is 0 Å². The van der Waals surface area contributed by atoms with Crippen LogP contribution in [0, 0.1) is 5.92 Å². The zero-order valence-corrected chi connectivity index (χ0v) is 12.1. The second kappa shape index (κ2) is 7.64. The van der Waals surface area contributed by atoms with Gasteiger partial charge in [0.1, 0.15) is 0 Å². The first-order valence-corrected chi connectivity index (χ1v) is 7.20. The Kier molecular flexibility index (Phi) is 6.48. The molecule has 0 aromatic carbocycles. The highest BCUT2D eigenvalue weighted by Crippen LogP contribution is 2.23. The third-order valence-electron chi connectivity index (χ3n) is 3.56. The monoisotopic (exact) mass is 255 g/mol. The van der Waals surface area contributed by atoms with Crippen molar-refractivity contribution in [2.75, 3.05) is 0 Å². The summed E-state index contributed by atoms with van der Waals surface area (Å²) in [6, 6.07) is 0.519. The number of rotatable bonds is 4. The molecule has 1 fully saturated rings. The average molecular weight is 255 g/mol. The molecule has 4 heteroatoms. The van der Waals surface area contributed by atoms with Crippen molar-refractivity contribution in [1.29, 1.82) is 0 Å². The van der Waals surface area contributed by atoms with Crippen molar-refractivity contribution >= 4 is 23.0 Å². The van der Waals surface area contributed by atoms with Gasteiger partial charge in [-0.15, -0.1) is 0 Å². The van der Waals surface area contributed by atoms with Gasteiger partial charge < -0.3 is 5.32 Å². The van der Waals surface area contributed by atoms with E-state index >= 15 is 0 Å². The van der Waals surface area contributed by atoms with Crippen LogP contribution in [-0.4, -0.2) is 16.9 Å². The molecular formula is C13H25N3S. The fourth-order valence-electron chi connectivity index (χ4n) is 2.27. The van der Waals surface area contributed by atoms with Gasteiger partial charge in [0.05, 0.1) is 0 Å². The SMILES string of the molecule is CCC(CC)=NNC(=S)N[C@H]1CCCC[C@H]1C. The number of thiocarbonyl (C=S) groups is 1. The smallest absolute Gasteiger partial charge is 0.187 e. The van der Waals surface area contributed by atoms with Crippen LogP contribution in [0.2, 0.25) is 0 Å². The van der Waals surface area contributed by atoms with E-state index in [1.165, 1.54) is 25.7 Å². The molecule has 0 bridgehead atoms. The Morgan fingerprint density at radius 2 is 1.88 bits per heavy atom. The minimum absolute atomic E-state index is 0.519. The van der Waals surface area contributed by atoms with Gasteiger partial charge in [-0.1, -0.05) is 33.6 Å². The highest BCUT2D eigenvalue weighted by molar-refractivity contribution is 7.80. The number of hydrogen-bond acceptors (Lipinski definition) is 2. The minimum Gasteiger partial charge on any atom is -0.358 e. The summed E-state index contributed by atoms with van der Waals surface area (Å²) in [7, 11) is 0. The van der Waals surface area contributed by atoms with Gasteiger partial charge in [0.2, 0.25) is 0 Å². The lowest BCUT2D eigenvalue weighted by molar-refractivity contribution is 0.308. The Labute approximate surface area is 110 Å². The molecule has 98 valence electrons. The summed E-state index contributed by atoms with van der Waals surface area (Å²) < 4.78 is 0. The minimum atomic E-state index is 0.519. The zero-order valence-electron chi connectivity index (χ0n) is 11.3. The molecule has 0 aromatic heterocycles. The van der Waals surface area contributed by atoms with Crippen LogP contribution in [0.5, 0.6) is 0 Å². The van der Waals surface area contributed by atoms with Crippen LogP contribution < -0.4 is 10.7 Å². The van der Waals surface area contributed by atoms with Crippen molar-refractivity contribution < 1.29 is 0 Å². The van der Waals surface area contributed by atoms with Gasteiger partial charge in [0, 0.05) is 11.8 Å². The lowest BCUT2D eigenvalue weighted by Gasteiger charge is -2.30. The van der Waals surface area contributed by atoms with Crippen LogP contribution in [0.4, 0.5) is 0 Å². The van der Waals surface area contributed by atoms with E-state index in [9.17, 15) is 0 Å². The zero-order chi connectivity index (χ0) is 12.7. The molecule has 1 saturated carbocycles. The molecule has 0 saturated heterocycles.